The SMILES string of the molecule is NCCCCCC1(Nc2nc(N)c3ccccc3n2)CCCC1. The Morgan fingerprint density at radius 2 is 1.83 bits per heavy atom. The Bertz CT molecular complexity index is 649. The fourth-order valence-electron chi connectivity index (χ4n) is 3.67. The van der Waals surface area contributed by atoms with Crippen molar-refractivity contribution in [1.82, 2.24) is 9.97 Å². The summed E-state index contributed by atoms with van der Waals surface area (Å²) in [4.78, 5) is 9.16. The molecule has 23 heavy (non-hydrogen) atoms. The van der Waals surface area contributed by atoms with Gasteiger partial charge in [0.15, 0.2) is 0 Å². The molecule has 0 saturated heterocycles. The van der Waals surface area contributed by atoms with Gasteiger partial charge in [-0.2, -0.15) is 4.98 Å². The second-order valence-corrected chi connectivity index (χ2v) is 6.66. The third-order valence-corrected chi connectivity index (χ3v) is 4.93. The third-order valence-electron chi connectivity index (χ3n) is 4.93. The Labute approximate surface area is 137 Å². The highest BCUT2D eigenvalue weighted by molar-refractivity contribution is 5.88. The molecule has 0 atom stereocenters. The van der Waals surface area contributed by atoms with Gasteiger partial charge < -0.3 is 16.8 Å². The number of nitrogens with zero attached hydrogens (tertiary/aromatic N) is 2. The molecule has 2 aromatic rings. The Kier molecular flexibility index (Phi) is 4.96. The number of hydrogen-bond acceptors (Lipinski definition) is 5. The zero-order valence-electron chi connectivity index (χ0n) is 13.7. The first kappa shape index (κ1) is 16.0. The van der Waals surface area contributed by atoms with E-state index >= 15 is 0 Å². The molecule has 5 heteroatoms. The number of hydrogen-bond donors (Lipinski definition) is 3. The number of para-hydroxylation sites is 1. The first-order valence-corrected chi connectivity index (χ1v) is 8.73. The van der Waals surface area contributed by atoms with E-state index < -0.39 is 0 Å². The molecule has 1 fully saturated rings. The van der Waals surface area contributed by atoms with E-state index in [4.69, 9.17) is 11.5 Å². The van der Waals surface area contributed by atoms with Crippen molar-refractivity contribution in [1.29, 1.82) is 0 Å². The quantitative estimate of drug-likeness (QED) is 0.681. The highest BCUT2D eigenvalue weighted by Gasteiger charge is 2.33. The van der Waals surface area contributed by atoms with Crippen molar-refractivity contribution in [2.75, 3.05) is 17.6 Å². The maximum Gasteiger partial charge on any atom is 0.225 e. The summed E-state index contributed by atoms with van der Waals surface area (Å²) < 4.78 is 0. The Hall–Kier alpha value is -1.88. The summed E-state index contributed by atoms with van der Waals surface area (Å²) in [6, 6.07) is 7.90. The maximum absolute atomic E-state index is 6.11. The van der Waals surface area contributed by atoms with Crippen molar-refractivity contribution in [3.05, 3.63) is 24.3 Å². The van der Waals surface area contributed by atoms with Gasteiger partial charge in [-0.15, -0.1) is 0 Å². The first-order chi connectivity index (χ1) is 11.2. The summed E-state index contributed by atoms with van der Waals surface area (Å²) in [6.45, 7) is 0.782. The van der Waals surface area contributed by atoms with Crippen LogP contribution in [0.2, 0.25) is 0 Å². The van der Waals surface area contributed by atoms with E-state index in [0.29, 0.717) is 11.8 Å². The molecule has 0 amide bonds. The van der Waals surface area contributed by atoms with Crippen LogP contribution in [0.15, 0.2) is 24.3 Å². The lowest BCUT2D eigenvalue weighted by atomic mass is 9.90. The van der Waals surface area contributed by atoms with E-state index in [1.807, 2.05) is 24.3 Å². The van der Waals surface area contributed by atoms with Crippen LogP contribution in [0, 0.1) is 0 Å². The summed E-state index contributed by atoms with van der Waals surface area (Å²) in [5.41, 5.74) is 12.7. The van der Waals surface area contributed by atoms with Crippen LogP contribution in [0.5, 0.6) is 0 Å². The second-order valence-electron chi connectivity index (χ2n) is 6.66. The minimum absolute atomic E-state index is 0.128. The normalized spacial score (nSPS) is 16.7. The summed E-state index contributed by atoms with van der Waals surface area (Å²) in [7, 11) is 0. The predicted molar refractivity (Wildman–Crippen MR) is 96.3 cm³/mol. The van der Waals surface area contributed by atoms with Gasteiger partial charge >= 0.3 is 0 Å². The standard InChI is InChI=1S/C18H27N5/c19-13-7-1-4-10-18(11-5-6-12-18)23-17-21-15-9-3-2-8-14(15)16(20)22-17/h2-3,8-9H,1,4-7,10-13,19H2,(H3,20,21,22,23). The van der Waals surface area contributed by atoms with E-state index in [0.717, 1.165) is 30.3 Å². The number of anilines is 2. The van der Waals surface area contributed by atoms with Crippen LogP contribution in [0.3, 0.4) is 0 Å². The molecule has 1 heterocycles. The molecule has 0 bridgehead atoms. The van der Waals surface area contributed by atoms with Crippen LogP contribution in [-0.4, -0.2) is 22.1 Å². The molecule has 1 aromatic heterocycles. The predicted octanol–water partition coefficient (Wildman–Crippen LogP) is 3.46. The van der Waals surface area contributed by atoms with E-state index in [1.54, 1.807) is 0 Å². The van der Waals surface area contributed by atoms with Crippen LogP contribution in [0.1, 0.15) is 51.4 Å². The topological polar surface area (TPSA) is 89.8 Å². The van der Waals surface area contributed by atoms with Crippen molar-refractivity contribution in [3.63, 3.8) is 0 Å². The van der Waals surface area contributed by atoms with Crippen LogP contribution < -0.4 is 16.8 Å². The van der Waals surface area contributed by atoms with Crippen LogP contribution >= 0.6 is 0 Å². The van der Waals surface area contributed by atoms with Crippen molar-refractivity contribution in [2.45, 2.75) is 56.9 Å². The lowest BCUT2D eigenvalue weighted by Crippen LogP contribution is -2.36. The minimum Gasteiger partial charge on any atom is -0.383 e. The van der Waals surface area contributed by atoms with Crippen LogP contribution in [0.4, 0.5) is 11.8 Å². The molecule has 1 aliphatic rings. The Balaban J connectivity index is 1.77. The summed E-state index contributed by atoms with van der Waals surface area (Å²) in [5, 5.41) is 4.55. The molecule has 5 N–H and O–H groups in total. The van der Waals surface area contributed by atoms with Gasteiger partial charge in [-0.05, 0) is 44.4 Å². The van der Waals surface area contributed by atoms with Gasteiger partial charge in [-0.1, -0.05) is 37.8 Å². The second kappa shape index (κ2) is 7.13. The molecular formula is C18H27N5. The zero-order chi connectivity index (χ0) is 16.1. The fraction of sp³-hybridized carbons (Fsp3) is 0.556. The summed E-state index contributed by atoms with van der Waals surface area (Å²) in [5.74, 6) is 1.22. The van der Waals surface area contributed by atoms with E-state index in [9.17, 15) is 0 Å². The van der Waals surface area contributed by atoms with Crippen molar-refractivity contribution in [2.24, 2.45) is 5.73 Å². The molecule has 5 nitrogen and oxygen atoms in total. The van der Waals surface area contributed by atoms with Crippen molar-refractivity contribution < 1.29 is 0 Å². The molecule has 1 aliphatic carbocycles. The minimum atomic E-state index is 0.128. The summed E-state index contributed by atoms with van der Waals surface area (Å²) >= 11 is 0. The highest BCUT2D eigenvalue weighted by atomic mass is 15.2. The first-order valence-electron chi connectivity index (χ1n) is 8.73. The molecule has 124 valence electrons. The Morgan fingerprint density at radius 3 is 2.61 bits per heavy atom. The van der Waals surface area contributed by atoms with Gasteiger partial charge in [0.05, 0.1) is 5.52 Å². The van der Waals surface area contributed by atoms with E-state index in [-0.39, 0.29) is 5.54 Å². The molecule has 1 aromatic carbocycles. The molecule has 0 spiro atoms. The average Bonchev–Trinajstić information content (AvgIpc) is 3.00. The van der Waals surface area contributed by atoms with Crippen molar-refractivity contribution in [3.8, 4) is 0 Å². The Morgan fingerprint density at radius 1 is 1.04 bits per heavy atom. The molecular weight excluding hydrogens is 286 g/mol. The number of nitrogens with one attached hydrogen (secondary N) is 1. The zero-order valence-corrected chi connectivity index (χ0v) is 13.7. The lowest BCUT2D eigenvalue weighted by molar-refractivity contribution is 0.417. The number of unbranched alkanes of at least 4 members (excludes halogenated alkanes) is 2. The van der Waals surface area contributed by atoms with Gasteiger partial charge in [0, 0.05) is 10.9 Å². The van der Waals surface area contributed by atoms with Crippen LogP contribution in [0.25, 0.3) is 10.9 Å². The molecule has 0 unspecified atom stereocenters. The number of nitrogen functional groups attached to an aromatic ring is 1. The number of aromatic nitrogens is 2. The van der Waals surface area contributed by atoms with Crippen LogP contribution in [-0.2, 0) is 0 Å². The van der Waals surface area contributed by atoms with Crippen molar-refractivity contribution >= 4 is 22.7 Å². The van der Waals surface area contributed by atoms with Gasteiger partial charge in [0.1, 0.15) is 5.82 Å². The number of benzene rings is 1. The smallest absolute Gasteiger partial charge is 0.225 e. The molecule has 1 saturated carbocycles. The molecule has 0 radical (unpaired) electrons. The number of fused-ring (bicyclic) bond motifs is 1. The third kappa shape index (κ3) is 3.72. The van der Waals surface area contributed by atoms with Gasteiger partial charge in [0.2, 0.25) is 5.95 Å². The highest BCUT2D eigenvalue weighted by Crippen LogP contribution is 2.37. The van der Waals surface area contributed by atoms with E-state index in [2.05, 4.69) is 15.3 Å². The van der Waals surface area contributed by atoms with E-state index in [1.165, 1.54) is 38.5 Å². The van der Waals surface area contributed by atoms with Gasteiger partial charge in [0.25, 0.3) is 0 Å². The maximum atomic E-state index is 6.11. The summed E-state index contributed by atoms with van der Waals surface area (Å²) in [6.07, 6.45) is 9.57. The lowest BCUT2D eigenvalue weighted by Gasteiger charge is -2.30. The molecule has 0 aliphatic heterocycles. The molecule has 3 rings (SSSR count). The average molecular weight is 313 g/mol. The number of nitrogens with two attached hydrogens (primary N) is 2. The number of rotatable bonds is 7. The monoisotopic (exact) mass is 313 g/mol. The largest absolute Gasteiger partial charge is 0.383 e. The van der Waals surface area contributed by atoms with Gasteiger partial charge in [-0.3, -0.25) is 0 Å². The van der Waals surface area contributed by atoms with Gasteiger partial charge in [-0.25, -0.2) is 4.98 Å². The fourth-order valence-corrected chi connectivity index (χ4v) is 3.67.